The van der Waals surface area contributed by atoms with Crippen molar-refractivity contribution in [3.8, 4) is 0 Å². The van der Waals surface area contributed by atoms with Crippen LogP contribution in [0.3, 0.4) is 0 Å². The van der Waals surface area contributed by atoms with Crippen LogP contribution in [-0.4, -0.2) is 50.5 Å². The number of piperidine rings is 1. The number of rotatable bonds is 2. The van der Waals surface area contributed by atoms with Crippen LogP contribution >= 0.6 is 0 Å². The Bertz CT molecular complexity index is 1100. The summed E-state index contributed by atoms with van der Waals surface area (Å²) in [5, 5.41) is 4.91. The van der Waals surface area contributed by atoms with Crippen LogP contribution in [0.5, 0.6) is 0 Å². The van der Waals surface area contributed by atoms with Gasteiger partial charge in [0.1, 0.15) is 5.60 Å². The molecule has 2 fully saturated rings. The number of hydrogen-bond acceptors (Lipinski definition) is 4. The summed E-state index contributed by atoms with van der Waals surface area (Å²) in [5.74, 6) is -1.21. The molecule has 1 atom stereocenters. The number of carbonyl (C=O) groups is 1. The summed E-state index contributed by atoms with van der Waals surface area (Å²) in [4.78, 5) is 19.4. The smallest absolute Gasteiger partial charge is 0.410 e. The molecule has 0 spiro atoms. The van der Waals surface area contributed by atoms with Crippen molar-refractivity contribution < 1.29 is 22.7 Å². The summed E-state index contributed by atoms with van der Waals surface area (Å²) >= 11 is 0. The van der Waals surface area contributed by atoms with Crippen LogP contribution in [-0.2, 0) is 10.2 Å². The third-order valence-electron chi connectivity index (χ3n) is 7.63. The molecule has 2 aromatic rings. The number of hydrogen-bond donors (Lipinski definition) is 0. The number of aromatic nitrogens is 3. The molecule has 1 saturated heterocycles. The first-order chi connectivity index (χ1) is 16.2. The molecular formula is C26H37F3N4O2. The van der Waals surface area contributed by atoms with Crippen molar-refractivity contribution in [3.63, 3.8) is 0 Å². The summed E-state index contributed by atoms with van der Waals surface area (Å²) < 4.78 is 46.9. The maximum atomic E-state index is 13.1. The molecule has 1 aliphatic heterocycles. The predicted molar refractivity (Wildman–Crippen MR) is 128 cm³/mol. The van der Waals surface area contributed by atoms with E-state index in [1.165, 1.54) is 0 Å². The lowest BCUT2D eigenvalue weighted by Gasteiger charge is -2.41. The molecule has 1 aliphatic carbocycles. The fraction of sp³-hybridized carbons (Fsp3) is 0.731. The highest BCUT2D eigenvalue weighted by Crippen LogP contribution is 2.43. The van der Waals surface area contributed by atoms with E-state index in [1.807, 2.05) is 45.2 Å². The zero-order chi connectivity index (χ0) is 25.8. The Labute approximate surface area is 205 Å². The molecule has 0 aromatic carbocycles. The number of carbonyl (C=O) groups excluding carboxylic acids is 1. The molecular weight excluding hydrogens is 457 g/mol. The first kappa shape index (κ1) is 25.8. The van der Waals surface area contributed by atoms with Gasteiger partial charge in [0.2, 0.25) is 0 Å². The number of aryl methyl sites for hydroxylation is 1. The Kier molecular flexibility index (Phi) is 6.60. The minimum absolute atomic E-state index is 0.00110. The van der Waals surface area contributed by atoms with E-state index in [0.29, 0.717) is 31.6 Å². The topological polar surface area (TPSA) is 59.7 Å². The number of nitrogens with zero attached hydrogens (tertiary/aromatic N) is 4. The standard InChI is InChI=1S/C26H37F3N4O2/c1-16-17(2)30-21-14-20(18-8-10-19(11-9-18)26(27,28)29)31-33(21)22(16)25(6)12-7-13-32(15-25)23(34)35-24(3,4)5/h14,18-19H,7-13,15H2,1-6H3/t18-,19-,25-/m1/s1. The third-order valence-corrected chi connectivity index (χ3v) is 7.63. The maximum Gasteiger partial charge on any atom is 0.410 e. The van der Waals surface area contributed by atoms with Crippen molar-refractivity contribution >= 4 is 11.7 Å². The number of fused-ring (bicyclic) bond motifs is 1. The second-order valence-electron chi connectivity index (χ2n) is 11.7. The molecule has 35 heavy (non-hydrogen) atoms. The third kappa shape index (κ3) is 5.28. The molecule has 1 saturated carbocycles. The van der Waals surface area contributed by atoms with Crippen molar-refractivity contribution in [1.82, 2.24) is 19.5 Å². The van der Waals surface area contributed by atoms with E-state index >= 15 is 0 Å². The van der Waals surface area contributed by atoms with E-state index in [9.17, 15) is 18.0 Å². The first-order valence-electron chi connectivity index (χ1n) is 12.6. The Hall–Kier alpha value is -2.32. The first-order valence-corrected chi connectivity index (χ1v) is 12.6. The second kappa shape index (κ2) is 8.96. The highest BCUT2D eigenvalue weighted by atomic mass is 19.4. The van der Waals surface area contributed by atoms with Crippen LogP contribution < -0.4 is 0 Å². The lowest BCUT2D eigenvalue weighted by molar-refractivity contribution is -0.182. The van der Waals surface area contributed by atoms with Gasteiger partial charge in [0.05, 0.1) is 17.3 Å². The Balaban J connectivity index is 1.65. The fourth-order valence-corrected chi connectivity index (χ4v) is 5.76. The van der Waals surface area contributed by atoms with Crippen molar-refractivity contribution in [2.75, 3.05) is 13.1 Å². The van der Waals surface area contributed by atoms with Crippen LogP contribution in [0.2, 0.25) is 0 Å². The molecule has 194 valence electrons. The highest BCUT2D eigenvalue weighted by molar-refractivity contribution is 5.68. The molecule has 1 amide bonds. The summed E-state index contributed by atoms with van der Waals surface area (Å²) in [5.41, 5.74) is 3.55. The van der Waals surface area contributed by atoms with Crippen molar-refractivity contribution in [3.05, 3.63) is 28.7 Å². The monoisotopic (exact) mass is 494 g/mol. The largest absolute Gasteiger partial charge is 0.444 e. The van der Waals surface area contributed by atoms with Gasteiger partial charge in [0.25, 0.3) is 0 Å². The number of alkyl halides is 3. The van der Waals surface area contributed by atoms with Gasteiger partial charge in [0, 0.05) is 36.2 Å². The number of ether oxygens (including phenoxy) is 1. The highest BCUT2D eigenvalue weighted by Gasteiger charge is 2.43. The van der Waals surface area contributed by atoms with Crippen molar-refractivity contribution in [2.45, 2.75) is 103 Å². The van der Waals surface area contributed by atoms with Crippen LogP contribution in [0, 0.1) is 19.8 Å². The van der Waals surface area contributed by atoms with Crippen LogP contribution in [0.4, 0.5) is 18.0 Å². The fourth-order valence-electron chi connectivity index (χ4n) is 5.76. The molecule has 6 nitrogen and oxygen atoms in total. The zero-order valence-corrected chi connectivity index (χ0v) is 21.6. The minimum Gasteiger partial charge on any atom is -0.444 e. The second-order valence-corrected chi connectivity index (χ2v) is 11.7. The van der Waals surface area contributed by atoms with Crippen LogP contribution in [0.1, 0.15) is 94.8 Å². The number of amides is 1. The van der Waals surface area contributed by atoms with E-state index in [2.05, 4.69) is 6.92 Å². The molecule has 9 heteroatoms. The molecule has 0 N–H and O–H groups in total. The molecule has 0 bridgehead atoms. The van der Waals surface area contributed by atoms with Crippen LogP contribution in [0.25, 0.3) is 5.65 Å². The quantitative estimate of drug-likeness (QED) is 0.480. The molecule has 0 radical (unpaired) electrons. The zero-order valence-electron chi connectivity index (χ0n) is 21.6. The average molecular weight is 495 g/mol. The minimum atomic E-state index is -4.12. The molecule has 2 aromatic heterocycles. The van der Waals surface area contributed by atoms with E-state index in [4.69, 9.17) is 14.8 Å². The van der Waals surface area contributed by atoms with E-state index in [-0.39, 0.29) is 30.3 Å². The van der Waals surface area contributed by atoms with E-state index in [0.717, 1.165) is 35.5 Å². The van der Waals surface area contributed by atoms with Gasteiger partial charge in [-0.15, -0.1) is 0 Å². The van der Waals surface area contributed by atoms with Crippen molar-refractivity contribution in [2.24, 2.45) is 5.92 Å². The lowest BCUT2D eigenvalue weighted by Crippen LogP contribution is -2.49. The number of halogens is 3. The average Bonchev–Trinajstić information content (AvgIpc) is 3.15. The van der Waals surface area contributed by atoms with Crippen molar-refractivity contribution in [1.29, 1.82) is 0 Å². The number of likely N-dealkylation sites (tertiary alicyclic amines) is 1. The summed E-state index contributed by atoms with van der Waals surface area (Å²) in [6.07, 6.45) is -1.47. The summed E-state index contributed by atoms with van der Waals surface area (Å²) in [7, 11) is 0. The molecule has 0 unspecified atom stereocenters. The summed E-state index contributed by atoms with van der Waals surface area (Å²) in [6.45, 7) is 12.9. The Morgan fingerprint density at radius 2 is 1.80 bits per heavy atom. The molecule has 4 rings (SSSR count). The Morgan fingerprint density at radius 3 is 2.40 bits per heavy atom. The summed E-state index contributed by atoms with van der Waals surface area (Å²) in [6, 6.07) is 1.94. The van der Waals surface area contributed by atoms with Gasteiger partial charge in [-0.3, -0.25) is 0 Å². The van der Waals surface area contributed by atoms with Gasteiger partial charge >= 0.3 is 12.3 Å². The van der Waals surface area contributed by atoms with Gasteiger partial charge < -0.3 is 9.64 Å². The predicted octanol–water partition coefficient (Wildman–Crippen LogP) is 6.47. The SMILES string of the molecule is Cc1nc2cc([C@H]3CC[C@H](C(F)(F)F)CC3)nn2c([C@]2(C)CCCN(C(=O)OC(C)(C)C)C2)c1C. The Morgan fingerprint density at radius 1 is 1.14 bits per heavy atom. The lowest BCUT2D eigenvalue weighted by atomic mass is 9.77. The normalized spacial score (nSPS) is 26.3. The van der Waals surface area contributed by atoms with Gasteiger partial charge in [-0.2, -0.15) is 18.3 Å². The van der Waals surface area contributed by atoms with Gasteiger partial charge in [-0.25, -0.2) is 14.3 Å². The maximum absolute atomic E-state index is 13.1. The van der Waals surface area contributed by atoms with E-state index < -0.39 is 17.7 Å². The van der Waals surface area contributed by atoms with Crippen LogP contribution in [0.15, 0.2) is 6.07 Å². The van der Waals surface area contributed by atoms with Gasteiger partial charge in [-0.05, 0) is 78.7 Å². The van der Waals surface area contributed by atoms with Gasteiger partial charge in [-0.1, -0.05) is 6.92 Å². The van der Waals surface area contributed by atoms with Gasteiger partial charge in [0.15, 0.2) is 5.65 Å². The van der Waals surface area contributed by atoms with E-state index in [1.54, 1.807) is 4.90 Å². The molecule has 3 heterocycles. The molecule has 2 aliphatic rings.